The average molecular weight is 352 g/mol. The van der Waals surface area contributed by atoms with Gasteiger partial charge >= 0.3 is 0 Å². The first-order valence-electron chi connectivity index (χ1n) is 8.99. The van der Waals surface area contributed by atoms with Gasteiger partial charge in [-0.25, -0.2) is 0 Å². The molecule has 1 aliphatic rings. The van der Waals surface area contributed by atoms with Crippen molar-refractivity contribution in [3.05, 3.63) is 72.8 Å². The van der Waals surface area contributed by atoms with Crippen molar-refractivity contribution < 1.29 is 14.6 Å². The zero-order chi connectivity index (χ0) is 18.8. The fraction of sp³-hybridized carbons (Fsp3) is 0.304. The minimum absolute atomic E-state index is 0.292. The van der Waals surface area contributed by atoms with Crippen LogP contribution in [0.3, 0.4) is 0 Å². The van der Waals surface area contributed by atoms with E-state index in [-0.39, 0.29) is 0 Å². The first kappa shape index (κ1) is 19.8. The molecule has 1 N–H and O–H groups in total. The van der Waals surface area contributed by atoms with Gasteiger partial charge in [-0.3, -0.25) is 0 Å². The summed E-state index contributed by atoms with van der Waals surface area (Å²) in [6.45, 7) is 7.32. The van der Waals surface area contributed by atoms with Gasteiger partial charge in [0.1, 0.15) is 11.5 Å². The summed E-state index contributed by atoms with van der Waals surface area (Å²) in [6.07, 6.45) is 9.16. The molecule has 0 atom stereocenters. The highest BCUT2D eigenvalue weighted by atomic mass is 16.7. The molecule has 3 nitrogen and oxygen atoms in total. The van der Waals surface area contributed by atoms with Crippen molar-refractivity contribution in [1.29, 1.82) is 0 Å². The van der Waals surface area contributed by atoms with Gasteiger partial charge in [-0.2, -0.15) is 0 Å². The van der Waals surface area contributed by atoms with E-state index in [9.17, 15) is 0 Å². The van der Waals surface area contributed by atoms with E-state index in [0.717, 1.165) is 29.7 Å². The minimum Gasteiger partial charge on any atom is -0.508 e. The number of phenolic OH excluding ortho intramolecular Hbond substituents is 1. The molecular weight excluding hydrogens is 324 g/mol. The van der Waals surface area contributed by atoms with Gasteiger partial charge in [0.25, 0.3) is 0 Å². The molecule has 3 rings (SSSR count). The van der Waals surface area contributed by atoms with Crippen LogP contribution in [-0.4, -0.2) is 18.0 Å². The Kier molecular flexibility index (Phi) is 7.49. The summed E-state index contributed by atoms with van der Waals surface area (Å²) < 4.78 is 11.6. The number of rotatable bonds is 5. The van der Waals surface area contributed by atoms with Crippen molar-refractivity contribution in [3.63, 3.8) is 0 Å². The van der Waals surface area contributed by atoms with Crippen LogP contribution in [0.4, 0.5) is 0 Å². The molecule has 0 aromatic heterocycles. The summed E-state index contributed by atoms with van der Waals surface area (Å²) in [6, 6.07) is 14.9. The Morgan fingerprint density at radius 3 is 1.81 bits per heavy atom. The highest BCUT2D eigenvalue weighted by Gasteiger charge is 2.33. The van der Waals surface area contributed by atoms with Crippen molar-refractivity contribution in [3.8, 4) is 11.5 Å². The molecule has 26 heavy (non-hydrogen) atoms. The largest absolute Gasteiger partial charge is 0.508 e. The van der Waals surface area contributed by atoms with Crippen LogP contribution in [0, 0.1) is 0 Å². The summed E-state index contributed by atoms with van der Waals surface area (Å²) in [7, 11) is 1.74. The van der Waals surface area contributed by atoms with Crippen LogP contribution in [0.2, 0.25) is 0 Å². The number of hydrogen-bond donors (Lipinski definition) is 1. The molecule has 2 aromatic carbocycles. The first-order chi connectivity index (χ1) is 12.6. The molecule has 3 heteroatoms. The Labute approximate surface area is 156 Å². The maximum atomic E-state index is 8.82. The van der Waals surface area contributed by atoms with Crippen molar-refractivity contribution in [2.24, 2.45) is 0 Å². The van der Waals surface area contributed by atoms with E-state index in [4.69, 9.17) is 14.6 Å². The molecule has 2 aromatic rings. The second kappa shape index (κ2) is 9.83. The monoisotopic (exact) mass is 352 g/mol. The topological polar surface area (TPSA) is 38.7 Å². The number of phenols is 1. The Morgan fingerprint density at radius 1 is 0.846 bits per heavy atom. The van der Waals surface area contributed by atoms with Crippen LogP contribution < -0.4 is 4.74 Å². The molecule has 0 radical (unpaired) electrons. The lowest BCUT2D eigenvalue weighted by Crippen LogP contribution is -2.40. The third-order valence-electron chi connectivity index (χ3n) is 4.54. The molecule has 0 spiro atoms. The van der Waals surface area contributed by atoms with Crippen LogP contribution in [0.15, 0.2) is 61.7 Å². The Balaban J connectivity index is 0.000000228. The number of benzene rings is 2. The van der Waals surface area contributed by atoms with E-state index >= 15 is 0 Å². The Bertz CT molecular complexity index is 680. The summed E-state index contributed by atoms with van der Waals surface area (Å²) in [5.41, 5.74) is 2.13. The fourth-order valence-electron chi connectivity index (χ4n) is 2.94. The zero-order valence-corrected chi connectivity index (χ0v) is 15.5. The molecule has 1 saturated carbocycles. The second-order valence-corrected chi connectivity index (χ2v) is 6.35. The third kappa shape index (κ3) is 5.78. The van der Waals surface area contributed by atoms with Gasteiger partial charge in [0.15, 0.2) is 0 Å². The molecule has 0 amide bonds. The average Bonchev–Trinajstić information content (AvgIpc) is 2.70. The van der Waals surface area contributed by atoms with Gasteiger partial charge < -0.3 is 14.6 Å². The lowest BCUT2D eigenvalue weighted by molar-refractivity contribution is -0.182. The predicted octanol–water partition coefficient (Wildman–Crippen LogP) is 6.05. The molecular formula is C23H28O3. The molecule has 0 bridgehead atoms. The van der Waals surface area contributed by atoms with Crippen LogP contribution in [0.25, 0.3) is 12.2 Å². The van der Waals surface area contributed by atoms with E-state index in [1.165, 1.54) is 19.3 Å². The summed E-state index contributed by atoms with van der Waals surface area (Å²) in [5, 5.41) is 8.82. The normalized spacial score (nSPS) is 15.3. The molecule has 1 aliphatic carbocycles. The summed E-state index contributed by atoms with van der Waals surface area (Å²) >= 11 is 0. The number of hydrogen-bond acceptors (Lipinski definition) is 3. The quantitative estimate of drug-likeness (QED) is 0.666. The first-order valence-corrected chi connectivity index (χ1v) is 8.99. The molecule has 0 heterocycles. The maximum Gasteiger partial charge on any atom is 0.210 e. The van der Waals surface area contributed by atoms with Gasteiger partial charge in [0.2, 0.25) is 5.79 Å². The molecule has 0 unspecified atom stereocenters. The van der Waals surface area contributed by atoms with Gasteiger partial charge in [0, 0.05) is 20.0 Å². The number of methoxy groups -OCH3 is 1. The number of aromatic hydroxyl groups is 1. The van der Waals surface area contributed by atoms with E-state index in [2.05, 4.69) is 13.2 Å². The fourth-order valence-corrected chi connectivity index (χ4v) is 2.94. The van der Waals surface area contributed by atoms with Gasteiger partial charge in [0.05, 0.1) is 0 Å². The Morgan fingerprint density at radius 2 is 1.35 bits per heavy atom. The van der Waals surface area contributed by atoms with Crippen LogP contribution in [-0.2, 0) is 4.74 Å². The van der Waals surface area contributed by atoms with Gasteiger partial charge in [-0.1, -0.05) is 56.0 Å². The molecule has 1 fully saturated rings. The standard InChI is InChI=1S/C15H20O2.C8H8O/c1-3-13-7-9-14(10-8-13)17-15(16-2)11-5-4-6-12-15;1-2-7-3-5-8(9)6-4-7/h3,7-10H,1,4-6,11-12H2,2H3;2-6,9H,1H2. The van der Waals surface area contributed by atoms with Crippen molar-refractivity contribution in [1.82, 2.24) is 0 Å². The Hall–Kier alpha value is -2.52. The van der Waals surface area contributed by atoms with Crippen molar-refractivity contribution in [2.45, 2.75) is 37.9 Å². The van der Waals surface area contributed by atoms with Gasteiger partial charge in [-0.05, 0) is 48.2 Å². The van der Waals surface area contributed by atoms with E-state index in [1.54, 1.807) is 25.3 Å². The van der Waals surface area contributed by atoms with Crippen LogP contribution >= 0.6 is 0 Å². The second-order valence-electron chi connectivity index (χ2n) is 6.35. The third-order valence-corrected chi connectivity index (χ3v) is 4.54. The number of ether oxygens (including phenoxy) is 2. The molecule has 138 valence electrons. The summed E-state index contributed by atoms with van der Waals surface area (Å²) in [4.78, 5) is 0. The smallest absolute Gasteiger partial charge is 0.210 e. The predicted molar refractivity (Wildman–Crippen MR) is 108 cm³/mol. The minimum atomic E-state index is -0.409. The van der Waals surface area contributed by atoms with Crippen LogP contribution in [0.5, 0.6) is 11.5 Å². The lowest BCUT2D eigenvalue weighted by Gasteiger charge is -2.36. The van der Waals surface area contributed by atoms with E-state index < -0.39 is 5.79 Å². The van der Waals surface area contributed by atoms with Crippen molar-refractivity contribution >= 4 is 12.2 Å². The molecule has 0 saturated heterocycles. The maximum absolute atomic E-state index is 8.82. The highest BCUT2D eigenvalue weighted by molar-refractivity contribution is 5.48. The highest BCUT2D eigenvalue weighted by Crippen LogP contribution is 2.33. The van der Waals surface area contributed by atoms with Gasteiger partial charge in [-0.15, -0.1) is 0 Å². The van der Waals surface area contributed by atoms with Crippen molar-refractivity contribution in [2.75, 3.05) is 7.11 Å². The van der Waals surface area contributed by atoms with E-state index in [1.807, 2.05) is 42.5 Å². The van der Waals surface area contributed by atoms with E-state index in [0.29, 0.717) is 5.75 Å². The summed E-state index contributed by atoms with van der Waals surface area (Å²) in [5.74, 6) is 0.758. The SMILES string of the molecule is C=Cc1ccc(O)cc1.C=Cc1ccc(OC2(OC)CCCCC2)cc1. The lowest BCUT2D eigenvalue weighted by atomic mass is 9.94. The molecule has 0 aliphatic heterocycles. The van der Waals surface area contributed by atoms with Crippen LogP contribution in [0.1, 0.15) is 43.2 Å². The zero-order valence-electron chi connectivity index (χ0n) is 15.5.